The Hall–Kier alpha value is -0.870. The third kappa shape index (κ3) is 2.93. The Morgan fingerprint density at radius 2 is 2.22 bits per heavy atom. The molecule has 2 heterocycles. The fourth-order valence-electron chi connectivity index (χ4n) is 2.82. The van der Waals surface area contributed by atoms with Gasteiger partial charge in [0.15, 0.2) is 0 Å². The van der Waals surface area contributed by atoms with E-state index in [1.807, 2.05) is 12.4 Å². The molecule has 0 spiro atoms. The van der Waals surface area contributed by atoms with Gasteiger partial charge >= 0.3 is 0 Å². The Balaban J connectivity index is 1.58. The monoisotopic (exact) mass is 248 g/mol. The van der Waals surface area contributed by atoms with Crippen molar-refractivity contribution in [3.8, 4) is 0 Å². The van der Waals surface area contributed by atoms with Gasteiger partial charge in [0.1, 0.15) is 5.82 Å². The number of imidazole rings is 1. The molecule has 2 aliphatic rings. The lowest BCUT2D eigenvalue weighted by Crippen LogP contribution is -2.45. The van der Waals surface area contributed by atoms with Gasteiger partial charge < -0.3 is 9.88 Å². The fraction of sp³-hybridized carbons (Fsp3) is 0.786. The number of nitrogens with zero attached hydrogens (tertiary/aromatic N) is 3. The number of hydrogen-bond acceptors (Lipinski definition) is 3. The van der Waals surface area contributed by atoms with E-state index < -0.39 is 0 Å². The summed E-state index contributed by atoms with van der Waals surface area (Å²) in [6.45, 7) is 3.39. The first kappa shape index (κ1) is 12.2. The Bertz CT molecular complexity index is 383. The maximum Gasteiger partial charge on any atom is 0.122 e. The van der Waals surface area contributed by atoms with Gasteiger partial charge in [-0.15, -0.1) is 0 Å². The second-order valence-electron chi connectivity index (χ2n) is 5.76. The van der Waals surface area contributed by atoms with E-state index in [1.165, 1.54) is 44.5 Å². The van der Waals surface area contributed by atoms with E-state index in [1.54, 1.807) is 0 Å². The van der Waals surface area contributed by atoms with Gasteiger partial charge in [0.05, 0.1) is 6.54 Å². The summed E-state index contributed by atoms with van der Waals surface area (Å²) < 4.78 is 2.14. The zero-order valence-electron chi connectivity index (χ0n) is 11.3. The molecule has 1 aliphatic carbocycles. The van der Waals surface area contributed by atoms with E-state index in [4.69, 9.17) is 0 Å². The van der Waals surface area contributed by atoms with E-state index in [9.17, 15) is 0 Å². The van der Waals surface area contributed by atoms with Crippen molar-refractivity contribution in [2.45, 2.75) is 50.7 Å². The van der Waals surface area contributed by atoms with Crippen LogP contribution in [0.15, 0.2) is 12.4 Å². The summed E-state index contributed by atoms with van der Waals surface area (Å²) in [6, 6.07) is 1.53. The van der Waals surface area contributed by atoms with Crippen LogP contribution in [0.5, 0.6) is 0 Å². The molecule has 0 aromatic carbocycles. The van der Waals surface area contributed by atoms with Gasteiger partial charge in [-0.3, -0.25) is 4.90 Å². The van der Waals surface area contributed by atoms with Gasteiger partial charge in [0, 0.05) is 38.1 Å². The van der Waals surface area contributed by atoms with Crippen LogP contribution in [0.3, 0.4) is 0 Å². The smallest absolute Gasteiger partial charge is 0.122 e. The minimum absolute atomic E-state index is 0.705. The van der Waals surface area contributed by atoms with E-state index in [0.29, 0.717) is 6.04 Å². The first-order chi connectivity index (χ1) is 8.83. The summed E-state index contributed by atoms with van der Waals surface area (Å²) in [5.41, 5.74) is 0. The van der Waals surface area contributed by atoms with Crippen LogP contribution in [-0.2, 0) is 13.6 Å². The van der Waals surface area contributed by atoms with Crippen LogP contribution in [-0.4, -0.2) is 39.6 Å². The van der Waals surface area contributed by atoms with Gasteiger partial charge in [0.2, 0.25) is 0 Å². The molecule has 0 radical (unpaired) electrons. The molecule has 4 heteroatoms. The molecule has 0 amide bonds. The average Bonchev–Trinajstić information content (AvgIpc) is 3.13. The molecule has 4 nitrogen and oxygen atoms in total. The van der Waals surface area contributed by atoms with Crippen molar-refractivity contribution in [2.75, 3.05) is 13.1 Å². The Morgan fingerprint density at radius 1 is 1.33 bits per heavy atom. The highest BCUT2D eigenvalue weighted by Gasteiger charge is 2.26. The molecule has 1 saturated heterocycles. The summed E-state index contributed by atoms with van der Waals surface area (Å²) >= 11 is 0. The second kappa shape index (κ2) is 5.41. The predicted octanol–water partition coefficient (Wildman–Crippen LogP) is 1.53. The average molecular weight is 248 g/mol. The third-order valence-corrected chi connectivity index (χ3v) is 4.23. The van der Waals surface area contributed by atoms with Crippen LogP contribution in [0.4, 0.5) is 0 Å². The Morgan fingerprint density at radius 3 is 2.94 bits per heavy atom. The first-order valence-electron chi connectivity index (χ1n) is 7.26. The standard InChI is InChI=1S/C14H24N4/c1-17-9-7-15-14(17)11-18-8-3-2-4-13(18)10-16-12-5-6-12/h7,9,12-13,16H,2-6,8,10-11H2,1H3. The summed E-state index contributed by atoms with van der Waals surface area (Å²) in [4.78, 5) is 7.07. The van der Waals surface area contributed by atoms with Gasteiger partial charge in [-0.05, 0) is 32.2 Å². The quantitative estimate of drug-likeness (QED) is 0.858. The molecular weight excluding hydrogens is 224 g/mol. The Labute approximate surface area is 109 Å². The molecule has 1 atom stereocenters. The van der Waals surface area contributed by atoms with E-state index in [-0.39, 0.29) is 0 Å². The maximum atomic E-state index is 4.45. The SMILES string of the molecule is Cn1ccnc1CN1CCCCC1CNC1CC1. The minimum atomic E-state index is 0.705. The second-order valence-corrected chi connectivity index (χ2v) is 5.76. The van der Waals surface area contributed by atoms with E-state index >= 15 is 0 Å². The lowest BCUT2D eigenvalue weighted by molar-refractivity contribution is 0.132. The maximum absolute atomic E-state index is 4.45. The van der Waals surface area contributed by atoms with Gasteiger partial charge in [-0.25, -0.2) is 4.98 Å². The summed E-state index contributed by atoms with van der Waals surface area (Å²) in [5.74, 6) is 1.19. The molecular formula is C14H24N4. The highest BCUT2D eigenvalue weighted by atomic mass is 15.2. The minimum Gasteiger partial charge on any atom is -0.337 e. The van der Waals surface area contributed by atoms with Crippen LogP contribution in [0.25, 0.3) is 0 Å². The van der Waals surface area contributed by atoms with Crippen molar-refractivity contribution >= 4 is 0 Å². The van der Waals surface area contributed by atoms with Crippen molar-refractivity contribution in [3.63, 3.8) is 0 Å². The van der Waals surface area contributed by atoms with E-state index in [0.717, 1.165) is 19.1 Å². The Kier molecular flexibility index (Phi) is 3.66. The highest BCUT2D eigenvalue weighted by Crippen LogP contribution is 2.22. The van der Waals surface area contributed by atoms with E-state index in [2.05, 4.69) is 26.8 Å². The molecule has 2 fully saturated rings. The zero-order valence-corrected chi connectivity index (χ0v) is 11.3. The molecule has 100 valence electrons. The summed E-state index contributed by atoms with van der Waals surface area (Å²) in [6.07, 6.45) is 10.8. The number of likely N-dealkylation sites (tertiary alicyclic amines) is 1. The van der Waals surface area contributed by atoms with Gasteiger partial charge in [-0.1, -0.05) is 6.42 Å². The highest BCUT2D eigenvalue weighted by molar-refractivity contribution is 4.93. The normalized spacial score (nSPS) is 25.5. The lowest BCUT2D eigenvalue weighted by atomic mass is 10.0. The van der Waals surface area contributed by atoms with Crippen LogP contribution in [0.2, 0.25) is 0 Å². The van der Waals surface area contributed by atoms with Gasteiger partial charge in [-0.2, -0.15) is 0 Å². The third-order valence-electron chi connectivity index (χ3n) is 4.23. The number of nitrogens with one attached hydrogen (secondary N) is 1. The zero-order chi connectivity index (χ0) is 12.4. The molecule has 1 N–H and O–H groups in total. The lowest BCUT2D eigenvalue weighted by Gasteiger charge is -2.35. The molecule has 18 heavy (non-hydrogen) atoms. The molecule has 3 rings (SSSR count). The van der Waals surface area contributed by atoms with Crippen LogP contribution < -0.4 is 5.32 Å². The first-order valence-corrected chi connectivity index (χ1v) is 7.26. The fourth-order valence-corrected chi connectivity index (χ4v) is 2.82. The topological polar surface area (TPSA) is 33.1 Å². The number of aryl methyl sites for hydroxylation is 1. The molecule has 1 aliphatic heterocycles. The molecule has 1 aromatic heterocycles. The molecule has 1 saturated carbocycles. The largest absolute Gasteiger partial charge is 0.337 e. The molecule has 1 unspecified atom stereocenters. The van der Waals surface area contributed by atoms with Crippen molar-refractivity contribution in [1.82, 2.24) is 19.8 Å². The molecule has 1 aromatic rings. The van der Waals surface area contributed by atoms with Gasteiger partial charge in [0.25, 0.3) is 0 Å². The van der Waals surface area contributed by atoms with Crippen molar-refractivity contribution in [3.05, 3.63) is 18.2 Å². The summed E-state index contributed by atoms with van der Waals surface area (Å²) in [5, 5.41) is 3.68. The van der Waals surface area contributed by atoms with Crippen LogP contribution in [0.1, 0.15) is 37.9 Å². The predicted molar refractivity (Wildman–Crippen MR) is 72.3 cm³/mol. The molecule has 0 bridgehead atoms. The number of hydrogen-bond donors (Lipinski definition) is 1. The number of piperidine rings is 1. The van der Waals surface area contributed by atoms with Crippen molar-refractivity contribution < 1.29 is 0 Å². The van der Waals surface area contributed by atoms with Crippen LogP contribution in [0, 0.1) is 0 Å². The van der Waals surface area contributed by atoms with Crippen molar-refractivity contribution in [1.29, 1.82) is 0 Å². The summed E-state index contributed by atoms with van der Waals surface area (Å²) in [7, 11) is 2.09. The number of rotatable bonds is 5. The van der Waals surface area contributed by atoms with Crippen molar-refractivity contribution in [2.24, 2.45) is 7.05 Å². The number of aromatic nitrogens is 2. The van der Waals surface area contributed by atoms with Crippen LogP contribution >= 0.6 is 0 Å².